The zero-order valence-corrected chi connectivity index (χ0v) is 30.4. The average Bonchev–Trinajstić information content (AvgIpc) is 2.91. The number of alkyl carbamates (subject to hydrolysis) is 1. The Hall–Kier alpha value is -2.27. The molecule has 1 atom stereocenters. The van der Waals surface area contributed by atoms with Gasteiger partial charge < -0.3 is 19.5 Å². The lowest BCUT2D eigenvalue weighted by molar-refractivity contribution is 0.0200. The van der Waals surface area contributed by atoms with Crippen molar-refractivity contribution >= 4 is 43.4 Å². The average molecular weight is 688 g/mol. The van der Waals surface area contributed by atoms with Crippen molar-refractivity contribution in [2.75, 3.05) is 20.8 Å². The Balaban J connectivity index is 2.30. The molecule has 0 spiro atoms. The Bertz CT molecular complexity index is 1350. The lowest BCUT2D eigenvalue weighted by atomic mass is 9.87. The molecule has 0 saturated carbocycles. The summed E-state index contributed by atoms with van der Waals surface area (Å²) >= 11 is 8.17. The Morgan fingerprint density at radius 1 is 0.933 bits per heavy atom. The first-order chi connectivity index (χ1) is 20.8. The smallest absolute Gasteiger partial charge is 0.444 e. The van der Waals surface area contributed by atoms with Crippen molar-refractivity contribution < 1.29 is 41.9 Å². The molecule has 1 N–H and O–H groups in total. The number of nitrogens with one attached hydrogen (secondary N) is 1. The van der Waals surface area contributed by atoms with E-state index >= 15 is 0 Å². The summed E-state index contributed by atoms with van der Waals surface area (Å²) in [5.41, 5.74) is -0.535. The molecular weight excluding hydrogens is 641 g/mol. The quantitative estimate of drug-likeness (QED) is 0.117. The van der Waals surface area contributed by atoms with E-state index in [1.165, 1.54) is 26.0 Å². The third-order valence-electron chi connectivity index (χ3n) is 6.25. The highest BCUT2D eigenvalue weighted by molar-refractivity contribution is 7.99. The highest BCUT2D eigenvalue weighted by Crippen LogP contribution is 2.48. The molecule has 0 aromatic heterocycles. The molecule has 0 aliphatic carbocycles. The van der Waals surface area contributed by atoms with Gasteiger partial charge >= 0.3 is 20.1 Å². The minimum Gasteiger partial charge on any atom is -0.444 e. The minimum atomic E-state index is -3.82. The summed E-state index contributed by atoms with van der Waals surface area (Å²) in [5.74, 6) is 0.377. The number of amides is 1. The second kappa shape index (κ2) is 16.5. The third kappa shape index (κ3) is 13.5. The van der Waals surface area contributed by atoms with Crippen molar-refractivity contribution in [3.63, 3.8) is 0 Å². The van der Waals surface area contributed by atoms with Gasteiger partial charge in [0.15, 0.2) is 0 Å². The molecule has 0 unspecified atom stereocenters. The molecule has 45 heavy (non-hydrogen) atoms. The second-order valence-electron chi connectivity index (χ2n) is 12.6. The van der Waals surface area contributed by atoms with Gasteiger partial charge in [0.05, 0.1) is 17.0 Å². The van der Waals surface area contributed by atoms with Crippen LogP contribution in [0.15, 0.2) is 46.2 Å². The number of aryl methyl sites for hydroxylation is 2. The van der Waals surface area contributed by atoms with Gasteiger partial charge in [0.2, 0.25) is 0 Å². The van der Waals surface area contributed by atoms with E-state index in [0.717, 1.165) is 20.9 Å². The lowest BCUT2D eigenvalue weighted by Gasteiger charge is -2.36. The summed E-state index contributed by atoms with van der Waals surface area (Å²) in [5, 5.41) is 3.49. The molecule has 10 nitrogen and oxygen atoms in total. The molecule has 2 aromatic carbocycles. The van der Waals surface area contributed by atoms with Crippen LogP contribution in [-0.2, 0) is 34.0 Å². The Kier molecular flexibility index (Phi) is 14.3. The molecule has 0 saturated heterocycles. The van der Waals surface area contributed by atoms with Crippen molar-refractivity contribution in [1.29, 1.82) is 0 Å². The maximum Gasteiger partial charge on any atom is 0.514 e. The summed E-state index contributed by atoms with van der Waals surface area (Å²) in [4.78, 5) is 26.8. The molecule has 0 heterocycles. The monoisotopic (exact) mass is 687 g/mol. The summed E-state index contributed by atoms with van der Waals surface area (Å²) < 4.78 is 44.6. The van der Waals surface area contributed by atoms with Gasteiger partial charge in [-0.25, -0.2) is 14.2 Å². The van der Waals surface area contributed by atoms with Crippen LogP contribution in [-0.4, -0.2) is 49.8 Å². The van der Waals surface area contributed by atoms with Crippen molar-refractivity contribution in [3.8, 4) is 5.75 Å². The number of ether oxygens (including phenoxy) is 3. The van der Waals surface area contributed by atoms with Gasteiger partial charge in [0, 0.05) is 24.1 Å². The van der Waals surface area contributed by atoms with E-state index in [2.05, 4.69) is 5.32 Å². The van der Waals surface area contributed by atoms with E-state index in [9.17, 15) is 14.2 Å². The van der Waals surface area contributed by atoms with Crippen molar-refractivity contribution in [1.82, 2.24) is 5.32 Å². The van der Waals surface area contributed by atoms with Gasteiger partial charge in [-0.15, -0.1) is 0 Å². The molecule has 0 bridgehead atoms. The van der Waals surface area contributed by atoms with Gasteiger partial charge in [0.25, 0.3) is 0 Å². The van der Waals surface area contributed by atoms with E-state index in [4.69, 9.17) is 39.4 Å². The first kappa shape index (κ1) is 38.9. The zero-order valence-electron chi connectivity index (χ0n) is 27.9. The van der Waals surface area contributed by atoms with Crippen LogP contribution in [0.2, 0.25) is 5.02 Å². The highest BCUT2D eigenvalue weighted by atomic mass is 35.5. The fourth-order valence-corrected chi connectivity index (χ4v) is 6.37. The van der Waals surface area contributed by atoms with Crippen molar-refractivity contribution in [2.45, 2.75) is 108 Å². The van der Waals surface area contributed by atoms with Crippen molar-refractivity contribution in [3.05, 3.63) is 52.5 Å². The van der Waals surface area contributed by atoms with Crippen LogP contribution < -0.4 is 10.1 Å². The predicted molar refractivity (Wildman–Crippen MR) is 177 cm³/mol. The number of carbonyl (C=O) groups excluding carboxylic acids is 2. The van der Waals surface area contributed by atoms with Crippen LogP contribution in [0, 0.1) is 6.92 Å². The first-order valence-electron chi connectivity index (χ1n) is 14.7. The second-order valence-corrected chi connectivity index (χ2v) is 16.0. The molecule has 13 heteroatoms. The maximum atomic E-state index is 12.9. The summed E-state index contributed by atoms with van der Waals surface area (Å²) in [7, 11) is -1.35. The van der Waals surface area contributed by atoms with Crippen LogP contribution in [0.25, 0.3) is 0 Å². The SMILES string of the molecule is CCC[C@](CCc1ccc(Sc2cc(C)ccc2OC(=O)OC(C)(C)C)cc1Cl)(COP(=O)(OC)OC)NC(=O)OC(C)(C)C. The Labute approximate surface area is 276 Å². The van der Waals surface area contributed by atoms with Crippen LogP contribution in [0.3, 0.4) is 0 Å². The molecule has 0 fully saturated rings. The topological polar surface area (TPSA) is 119 Å². The van der Waals surface area contributed by atoms with E-state index in [1.54, 1.807) is 47.6 Å². The number of benzene rings is 2. The molecule has 2 rings (SSSR count). The van der Waals surface area contributed by atoms with Gasteiger partial charge in [-0.1, -0.05) is 48.8 Å². The fourth-order valence-electron chi connectivity index (χ4n) is 4.25. The Morgan fingerprint density at radius 2 is 1.58 bits per heavy atom. The highest BCUT2D eigenvalue weighted by Gasteiger charge is 2.37. The standard InChI is InChI=1S/C32H47ClNO9PS/c1-11-17-32(21-40-44(37,38-9)39-10,34-28(35)42-30(3,4)5)18-16-23-13-14-24(20-25(23)33)45-27-19-22(2)12-15-26(27)41-29(36)43-31(6,7)8/h12-15,19-20H,11,16-18,21H2,1-10H3,(H,34,35)/t32-/m0/s1. The third-order valence-corrected chi connectivity index (χ3v) is 8.97. The van der Waals surface area contributed by atoms with Gasteiger partial charge in [0.1, 0.15) is 17.0 Å². The van der Waals surface area contributed by atoms with Crippen LogP contribution in [0.1, 0.15) is 78.9 Å². The predicted octanol–water partition coefficient (Wildman–Crippen LogP) is 9.53. The molecule has 0 aliphatic rings. The maximum absolute atomic E-state index is 12.9. The number of hydrogen-bond donors (Lipinski definition) is 1. The number of rotatable bonds is 14. The van der Waals surface area contributed by atoms with Crippen molar-refractivity contribution in [2.24, 2.45) is 0 Å². The Morgan fingerprint density at radius 3 is 2.13 bits per heavy atom. The number of phosphoric ester groups is 1. The molecule has 0 radical (unpaired) electrons. The number of halogens is 1. The van der Waals surface area contributed by atoms with Crippen LogP contribution >= 0.6 is 31.2 Å². The molecule has 252 valence electrons. The largest absolute Gasteiger partial charge is 0.514 e. The zero-order chi connectivity index (χ0) is 34.1. The number of hydrogen-bond acceptors (Lipinski definition) is 10. The van der Waals surface area contributed by atoms with Crippen LogP contribution in [0.4, 0.5) is 9.59 Å². The molecular formula is C32H47ClNO9PS. The number of carbonyl (C=O) groups is 2. The molecule has 2 aromatic rings. The van der Waals surface area contributed by atoms with Gasteiger partial charge in [-0.05, 0) is 103 Å². The molecule has 0 aliphatic heterocycles. The summed E-state index contributed by atoms with van der Waals surface area (Å²) in [6.07, 6.45) is 0.643. The summed E-state index contributed by atoms with van der Waals surface area (Å²) in [6, 6.07) is 11.2. The molecule has 1 amide bonds. The van der Waals surface area contributed by atoms with E-state index in [1.807, 2.05) is 44.2 Å². The van der Waals surface area contributed by atoms with Crippen LogP contribution in [0.5, 0.6) is 5.75 Å². The summed E-state index contributed by atoms with van der Waals surface area (Å²) in [6.45, 7) is 14.4. The fraction of sp³-hybridized carbons (Fsp3) is 0.562. The van der Waals surface area contributed by atoms with E-state index in [0.29, 0.717) is 36.5 Å². The van der Waals surface area contributed by atoms with E-state index < -0.39 is 36.8 Å². The minimum absolute atomic E-state index is 0.140. The lowest BCUT2D eigenvalue weighted by Crippen LogP contribution is -2.53. The first-order valence-corrected chi connectivity index (χ1v) is 17.3. The number of phosphoric acid groups is 1. The normalized spacial score (nSPS) is 13.6. The van der Waals surface area contributed by atoms with Gasteiger partial charge in [-0.3, -0.25) is 13.6 Å². The van der Waals surface area contributed by atoms with E-state index in [-0.39, 0.29) is 6.61 Å². The van der Waals surface area contributed by atoms with Gasteiger partial charge in [-0.2, -0.15) is 0 Å².